The molecule has 0 spiro atoms. The first kappa shape index (κ1) is 19.6. The van der Waals surface area contributed by atoms with Gasteiger partial charge < -0.3 is 15.4 Å². The lowest BCUT2D eigenvalue weighted by Gasteiger charge is -2.23. The number of amides is 3. The molecule has 2 aromatic rings. The Labute approximate surface area is 169 Å². The first-order valence-electron chi connectivity index (χ1n) is 8.70. The summed E-state index contributed by atoms with van der Waals surface area (Å²) in [5.41, 5.74) is 5.05. The molecule has 0 bridgehead atoms. The highest BCUT2D eigenvalue weighted by molar-refractivity contribution is 7.80. The summed E-state index contributed by atoms with van der Waals surface area (Å²) >= 11 is 5.28. The number of urea groups is 1. The number of nitrogens with zero attached hydrogens (tertiary/aromatic N) is 1. The Morgan fingerprint density at radius 2 is 1.71 bits per heavy atom. The van der Waals surface area contributed by atoms with Crippen LogP contribution in [0.1, 0.15) is 23.6 Å². The molecule has 0 unspecified atom stereocenters. The van der Waals surface area contributed by atoms with Crippen molar-refractivity contribution in [2.75, 3.05) is 12.4 Å². The first-order chi connectivity index (χ1) is 13.2. The second-order valence-electron chi connectivity index (χ2n) is 6.87. The van der Waals surface area contributed by atoms with E-state index in [0.717, 1.165) is 21.8 Å². The van der Waals surface area contributed by atoms with E-state index < -0.39 is 17.5 Å². The molecule has 3 rings (SSSR count). The number of methoxy groups -OCH3 is 1. The van der Waals surface area contributed by atoms with E-state index in [2.05, 4.69) is 16.1 Å². The van der Waals surface area contributed by atoms with Gasteiger partial charge >= 0.3 is 6.03 Å². The molecule has 1 aliphatic rings. The van der Waals surface area contributed by atoms with Crippen molar-refractivity contribution in [3.8, 4) is 5.75 Å². The maximum atomic E-state index is 13.0. The molecule has 1 fully saturated rings. The highest BCUT2D eigenvalue weighted by atomic mass is 32.1. The fraction of sp³-hybridized carbons (Fsp3) is 0.250. The van der Waals surface area contributed by atoms with Gasteiger partial charge in [-0.25, -0.2) is 4.79 Å². The monoisotopic (exact) mass is 398 g/mol. The lowest BCUT2D eigenvalue weighted by Crippen LogP contribution is -2.49. The number of ether oxygens (including phenoxy) is 1. The summed E-state index contributed by atoms with van der Waals surface area (Å²) < 4.78 is 5.14. The number of benzene rings is 2. The van der Waals surface area contributed by atoms with Crippen molar-refractivity contribution in [3.63, 3.8) is 0 Å². The number of hydrogen-bond acceptors (Lipinski definition) is 4. The SMILES string of the molecule is COc1ccc([C@]2(C)NC(=O)N(NC(=S)Nc3cc(C)cc(C)c3)C2=O)cc1. The molecular formula is C20H22N4O3S. The average molecular weight is 398 g/mol. The van der Waals surface area contributed by atoms with Crippen LogP contribution in [0, 0.1) is 13.8 Å². The number of nitrogens with one attached hydrogen (secondary N) is 3. The average Bonchev–Trinajstić information content (AvgIpc) is 2.85. The molecule has 1 saturated heterocycles. The van der Waals surface area contributed by atoms with Gasteiger partial charge in [-0.3, -0.25) is 10.2 Å². The number of carbonyl (C=O) groups is 2. The smallest absolute Gasteiger partial charge is 0.344 e. The van der Waals surface area contributed by atoms with Crippen molar-refractivity contribution in [1.82, 2.24) is 15.8 Å². The van der Waals surface area contributed by atoms with Gasteiger partial charge in [-0.15, -0.1) is 0 Å². The van der Waals surface area contributed by atoms with E-state index in [1.807, 2.05) is 32.0 Å². The van der Waals surface area contributed by atoms with E-state index in [1.165, 1.54) is 0 Å². The number of hydrazine groups is 1. The van der Waals surface area contributed by atoms with Gasteiger partial charge in [0.1, 0.15) is 11.3 Å². The molecule has 1 atom stereocenters. The van der Waals surface area contributed by atoms with E-state index in [9.17, 15) is 9.59 Å². The number of thiocarbonyl (C=S) groups is 1. The summed E-state index contributed by atoms with van der Waals surface area (Å²) in [6.45, 7) is 5.61. The predicted molar refractivity (Wildman–Crippen MR) is 111 cm³/mol. The van der Waals surface area contributed by atoms with Crippen molar-refractivity contribution >= 4 is 35.0 Å². The van der Waals surface area contributed by atoms with Crippen molar-refractivity contribution in [3.05, 3.63) is 59.2 Å². The molecule has 8 heteroatoms. The van der Waals surface area contributed by atoms with Crippen molar-refractivity contribution in [2.24, 2.45) is 0 Å². The van der Waals surface area contributed by atoms with Gasteiger partial charge in [0, 0.05) is 5.69 Å². The number of aryl methyl sites for hydroxylation is 2. The molecule has 3 amide bonds. The molecule has 28 heavy (non-hydrogen) atoms. The fourth-order valence-electron chi connectivity index (χ4n) is 3.17. The summed E-state index contributed by atoms with van der Waals surface area (Å²) in [6, 6.07) is 12.3. The van der Waals surface area contributed by atoms with Gasteiger partial charge in [0.15, 0.2) is 5.11 Å². The zero-order valence-electron chi connectivity index (χ0n) is 16.1. The summed E-state index contributed by atoms with van der Waals surface area (Å²) in [6.07, 6.45) is 0. The van der Waals surface area contributed by atoms with Gasteiger partial charge in [0.2, 0.25) is 0 Å². The minimum Gasteiger partial charge on any atom is -0.497 e. The summed E-state index contributed by atoms with van der Waals surface area (Å²) in [7, 11) is 1.56. The topological polar surface area (TPSA) is 82.7 Å². The summed E-state index contributed by atoms with van der Waals surface area (Å²) in [5.74, 6) is 0.213. The number of imide groups is 1. The Balaban J connectivity index is 1.74. The zero-order valence-corrected chi connectivity index (χ0v) is 16.9. The number of hydrogen-bond donors (Lipinski definition) is 3. The van der Waals surface area contributed by atoms with Crippen LogP contribution in [0.2, 0.25) is 0 Å². The van der Waals surface area contributed by atoms with Crippen molar-refractivity contribution in [2.45, 2.75) is 26.3 Å². The Bertz CT molecular complexity index is 925. The molecule has 7 nitrogen and oxygen atoms in total. The Morgan fingerprint density at radius 3 is 2.29 bits per heavy atom. The van der Waals surface area contributed by atoms with E-state index in [1.54, 1.807) is 38.3 Å². The third-order valence-corrected chi connectivity index (χ3v) is 4.74. The van der Waals surface area contributed by atoms with E-state index in [4.69, 9.17) is 17.0 Å². The lowest BCUT2D eigenvalue weighted by molar-refractivity contribution is -0.132. The standard InChI is InChI=1S/C20H22N4O3S/c1-12-9-13(2)11-15(10-12)21-18(28)23-24-17(25)20(3,22-19(24)26)14-5-7-16(27-4)8-6-14/h5-11H,1-4H3,(H,22,26)(H2,21,23,28)/t20-/m0/s1. The van der Waals surface area contributed by atoms with Crippen LogP contribution in [0.15, 0.2) is 42.5 Å². The molecule has 2 aromatic carbocycles. The zero-order chi connectivity index (χ0) is 20.5. The fourth-order valence-corrected chi connectivity index (χ4v) is 3.38. The first-order valence-corrected chi connectivity index (χ1v) is 9.11. The Morgan fingerprint density at radius 1 is 1.11 bits per heavy atom. The van der Waals surface area contributed by atoms with Crippen LogP contribution in [0.4, 0.5) is 10.5 Å². The van der Waals surface area contributed by atoms with Crippen LogP contribution in [-0.4, -0.2) is 29.2 Å². The molecule has 1 aliphatic heterocycles. The van der Waals surface area contributed by atoms with Crippen LogP contribution >= 0.6 is 12.2 Å². The van der Waals surface area contributed by atoms with E-state index >= 15 is 0 Å². The molecular weight excluding hydrogens is 376 g/mol. The molecule has 0 radical (unpaired) electrons. The predicted octanol–water partition coefficient (Wildman–Crippen LogP) is 2.98. The van der Waals surface area contributed by atoms with Crippen LogP contribution in [0.3, 0.4) is 0 Å². The Kier molecular flexibility index (Phi) is 5.24. The minimum absolute atomic E-state index is 0.146. The van der Waals surface area contributed by atoms with Gasteiger partial charge in [-0.2, -0.15) is 5.01 Å². The maximum absolute atomic E-state index is 13.0. The number of anilines is 1. The van der Waals surface area contributed by atoms with Crippen LogP contribution in [0.25, 0.3) is 0 Å². The van der Waals surface area contributed by atoms with E-state index in [-0.39, 0.29) is 5.11 Å². The number of rotatable bonds is 4. The normalized spacial score (nSPS) is 18.6. The molecule has 0 saturated carbocycles. The van der Waals surface area contributed by atoms with Crippen LogP contribution in [0.5, 0.6) is 5.75 Å². The molecule has 3 N–H and O–H groups in total. The van der Waals surface area contributed by atoms with Gasteiger partial charge in [0.05, 0.1) is 7.11 Å². The van der Waals surface area contributed by atoms with E-state index in [0.29, 0.717) is 11.3 Å². The summed E-state index contributed by atoms with van der Waals surface area (Å²) in [4.78, 5) is 25.4. The second-order valence-corrected chi connectivity index (χ2v) is 7.27. The quantitative estimate of drug-likeness (QED) is 0.543. The molecule has 146 valence electrons. The maximum Gasteiger partial charge on any atom is 0.344 e. The van der Waals surface area contributed by atoms with Gasteiger partial charge in [-0.1, -0.05) is 18.2 Å². The molecule has 1 heterocycles. The van der Waals surface area contributed by atoms with Crippen LogP contribution < -0.4 is 20.8 Å². The van der Waals surface area contributed by atoms with Gasteiger partial charge in [0.25, 0.3) is 5.91 Å². The molecule has 0 aromatic heterocycles. The highest BCUT2D eigenvalue weighted by Crippen LogP contribution is 2.29. The minimum atomic E-state index is -1.20. The van der Waals surface area contributed by atoms with Crippen molar-refractivity contribution in [1.29, 1.82) is 0 Å². The van der Waals surface area contributed by atoms with Crippen LogP contribution in [-0.2, 0) is 10.3 Å². The highest BCUT2D eigenvalue weighted by Gasteiger charge is 2.49. The molecule has 0 aliphatic carbocycles. The summed E-state index contributed by atoms with van der Waals surface area (Å²) in [5, 5.41) is 6.76. The second kappa shape index (κ2) is 7.47. The third-order valence-electron chi connectivity index (χ3n) is 4.55. The van der Waals surface area contributed by atoms with Crippen molar-refractivity contribution < 1.29 is 14.3 Å². The van der Waals surface area contributed by atoms with Gasteiger partial charge in [-0.05, 0) is 73.9 Å². The Hall–Kier alpha value is -3.13. The third kappa shape index (κ3) is 3.77. The number of carbonyl (C=O) groups excluding carboxylic acids is 2. The largest absolute Gasteiger partial charge is 0.497 e. The lowest BCUT2D eigenvalue weighted by atomic mass is 9.92.